The lowest BCUT2D eigenvalue weighted by Crippen LogP contribution is -2.20. The molecule has 1 saturated heterocycles. The third-order valence-corrected chi connectivity index (χ3v) is 9.73. The van der Waals surface area contributed by atoms with E-state index in [1.165, 1.54) is 30.1 Å². The number of ketones is 1. The van der Waals surface area contributed by atoms with Gasteiger partial charge in [0.15, 0.2) is 0 Å². The number of ether oxygens (including phenoxy) is 2. The Hall–Kier alpha value is -2.37. The zero-order chi connectivity index (χ0) is 27.4. The lowest BCUT2D eigenvalue weighted by Gasteiger charge is -2.21. The van der Waals surface area contributed by atoms with Crippen molar-refractivity contribution in [2.75, 3.05) is 18.6 Å². The third-order valence-electron chi connectivity index (χ3n) is 5.97. The van der Waals surface area contributed by atoms with Crippen LogP contribution >= 0.6 is 23.4 Å². The molecule has 0 amide bonds. The average Bonchev–Trinajstić information content (AvgIpc) is 3.19. The number of thioether (sulfide) groups is 1. The summed E-state index contributed by atoms with van der Waals surface area (Å²) in [5, 5.41) is 3.40. The molecule has 12 heteroatoms. The van der Waals surface area contributed by atoms with Crippen molar-refractivity contribution in [1.82, 2.24) is 9.78 Å². The first-order valence-corrected chi connectivity index (χ1v) is 15.1. The highest BCUT2D eigenvalue weighted by Gasteiger charge is 2.29. The molecule has 2 heterocycles. The van der Waals surface area contributed by atoms with E-state index in [4.69, 9.17) is 21.1 Å². The van der Waals surface area contributed by atoms with E-state index in [1.54, 1.807) is 7.05 Å². The molecule has 1 aliphatic rings. The van der Waals surface area contributed by atoms with E-state index in [0.717, 1.165) is 43.9 Å². The molecule has 0 saturated carbocycles. The second kappa shape index (κ2) is 12.0. The first-order valence-electron chi connectivity index (χ1n) is 12.0. The van der Waals surface area contributed by atoms with E-state index in [2.05, 4.69) is 9.46 Å². The minimum absolute atomic E-state index is 0.0103. The van der Waals surface area contributed by atoms with Gasteiger partial charge in [-0.25, -0.2) is 18.5 Å². The van der Waals surface area contributed by atoms with Gasteiger partial charge in [0.2, 0.25) is 11.7 Å². The van der Waals surface area contributed by atoms with Gasteiger partial charge in [0.1, 0.15) is 11.3 Å². The van der Waals surface area contributed by atoms with E-state index < -0.39 is 26.8 Å². The number of hydrogen-bond donors (Lipinski definition) is 0. The molecule has 1 aliphatic heterocycles. The summed E-state index contributed by atoms with van der Waals surface area (Å²) in [5.41, 5.74) is 0.0109. The highest BCUT2D eigenvalue weighted by Crippen LogP contribution is 2.38. The van der Waals surface area contributed by atoms with Gasteiger partial charge in [0, 0.05) is 28.9 Å². The van der Waals surface area contributed by atoms with Crippen LogP contribution in [0.2, 0.25) is 5.02 Å². The van der Waals surface area contributed by atoms with Gasteiger partial charge >= 0.3 is 11.3 Å². The van der Waals surface area contributed by atoms with Crippen molar-refractivity contribution in [3.05, 3.63) is 40.0 Å². The number of carbonyl (C=O) groups is 3. The summed E-state index contributed by atoms with van der Waals surface area (Å²) in [5.74, 6) is -0.542. The summed E-state index contributed by atoms with van der Waals surface area (Å²) in [4.78, 5) is 38.7. The second-order valence-corrected chi connectivity index (χ2v) is 14.0. The maximum absolute atomic E-state index is 13.6. The number of benzene rings is 1. The zero-order valence-electron chi connectivity index (χ0n) is 21.7. The summed E-state index contributed by atoms with van der Waals surface area (Å²) in [6.45, 7) is 5.93. The van der Waals surface area contributed by atoms with Gasteiger partial charge in [0.25, 0.3) is 0 Å². The Labute approximate surface area is 226 Å². The van der Waals surface area contributed by atoms with Crippen molar-refractivity contribution in [1.29, 1.82) is 0 Å². The number of halogens is 1. The fraction of sp³-hybridized carbons (Fsp3) is 0.520. The number of aryl methyl sites for hydroxylation is 1. The molecule has 0 spiro atoms. The smallest absolute Gasteiger partial charge is 0.374 e. The fourth-order valence-corrected chi connectivity index (χ4v) is 7.56. The summed E-state index contributed by atoms with van der Waals surface area (Å²) < 4.78 is 29.1. The number of esters is 1. The SMILES string of the molecule is CCCC(C)(C)SC(=O)Oc1c(C(=O)c2ccc(C(=O)OC)c(N=S3(=O)CCCCC3)c2Cl)cnn1C. The minimum atomic E-state index is -2.65. The molecule has 0 bridgehead atoms. The summed E-state index contributed by atoms with van der Waals surface area (Å²) >= 11 is 7.68. The average molecular weight is 570 g/mol. The van der Waals surface area contributed by atoms with Crippen LogP contribution in [0, 0.1) is 0 Å². The Morgan fingerprint density at radius 2 is 1.81 bits per heavy atom. The zero-order valence-corrected chi connectivity index (χ0v) is 24.1. The van der Waals surface area contributed by atoms with Gasteiger partial charge < -0.3 is 9.47 Å². The fourth-order valence-electron chi connectivity index (χ4n) is 4.12. The number of methoxy groups -OCH3 is 1. The third kappa shape index (κ3) is 6.94. The minimum Gasteiger partial charge on any atom is -0.465 e. The molecular formula is C25H32ClN3O6S2. The van der Waals surface area contributed by atoms with Crippen LogP contribution in [0.15, 0.2) is 22.7 Å². The molecule has 202 valence electrons. The normalized spacial score (nSPS) is 15.2. The Bertz CT molecular complexity index is 1320. The lowest BCUT2D eigenvalue weighted by atomic mass is 10.0. The van der Waals surface area contributed by atoms with E-state index in [9.17, 15) is 18.6 Å². The van der Waals surface area contributed by atoms with Crippen LogP contribution in [0.25, 0.3) is 0 Å². The number of rotatable bonds is 8. The van der Waals surface area contributed by atoms with Crippen molar-refractivity contribution in [2.24, 2.45) is 11.4 Å². The van der Waals surface area contributed by atoms with E-state index >= 15 is 0 Å². The van der Waals surface area contributed by atoms with Crippen LogP contribution in [0.1, 0.15) is 79.2 Å². The van der Waals surface area contributed by atoms with Crippen LogP contribution in [-0.4, -0.2) is 54.4 Å². The molecule has 9 nitrogen and oxygen atoms in total. The Balaban J connectivity index is 2.03. The Morgan fingerprint density at radius 3 is 2.43 bits per heavy atom. The Kier molecular flexibility index (Phi) is 9.47. The van der Waals surface area contributed by atoms with Gasteiger partial charge in [-0.15, -0.1) is 0 Å². The van der Waals surface area contributed by atoms with Crippen LogP contribution in [0.5, 0.6) is 5.88 Å². The number of carbonyl (C=O) groups excluding carboxylic acids is 3. The van der Waals surface area contributed by atoms with Crippen LogP contribution in [0.4, 0.5) is 10.5 Å². The molecule has 1 aromatic carbocycles. The van der Waals surface area contributed by atoms with Gasteiger partial charge in [-0.1, -0.05) is 45.2 Å². The van der Waals surface area contributed by atoms with Gasteiger partial charge in [0.05, 0.1) is 33.6 Å². The Morgan fingerprint density at radius 1 is 1.16 bits per heavy atom. The van der Waals surface area contributed by atoms with E-state index in [1.807, 2.05) is 20.8 Å². The molecule has 3 rings (SSSR count). The van der Waals surface area contributed by atoms with Crippen LogP contribution < -0.4 is 4.74 Å². The largest absolute Gasteiger partial charge is 0.465 e. The van der Waals surface area contributed by atoms with Crippen molar-refractivity contribution >= 4 is 55.8 Å². The lowest BCUT2D eigenvalue weighted by molar-refractivity contribution is 0.0601. The molecule has 0 N–H and O–H groups in total. The predicted molar refractivity (Wildman–Crippen MR) is 146 cm³/mol. The summed E-state index contributed by atoms with van der Waals surface area (Å²) in [7, 11) is 0.125. The van der Waals surface area contributed by atoms with Crippen molar-refractivity contribution in [3.8, 4) is 5.88 Å². The van der Waals surface area contributed by atoms with Crippen molar-refractivity contribution in [3.63, 3.8) is 0 Å². The van der Waals surface area contributed by atoms with Crippen LogP contribution in [0.3, 0.4) is 0 Å². The molecule has 0 atom stereocenters. The van der Waals surface area contributed by atoms with Crippen molar-refractivity contribution in [2.45, 2.75) is 57.6 Å². The number of hydrogen-bond acceptors (Lipinski definition) is 9. The first-order chi connectivity index (χ1) is 17.4. The summed E-state index contributed by atoms with van der Waals surface area (Å²) in [6.07, 6.45) is 5.46. The van der Waals surface area contributed by atoms with Crippen molar-refractivity contribution < 1.29 is 28.1 Å². The monoisotopic (exact) mass is 569 g/mol. The predicted octanol–water partition coefficient (Wildman–Crippen LogP) is 6.19. The molecule has 1 aromatic heterocycles. The number of aromatic nitrogens is 2. The van der Waals surface area contributed by atoms with Gasteiger partial charge in [-0.05, 0) is 43.2 Å². The molecule has 37 heavy (non-hydrogen) atoms. The second-order valence-electron chi connectivity index (χ2n) is 9.43. The molecular weight excluding hydrogens is 538 g/mol. The highest BCUT2D eigenvalue weighted by atomic mass is 35.5. The topological polar surface area (TPSA) is 117 Å². The maximum Gasteiger partial charge on any atom is 0.374 e. The summed E-state index contributed by atoms with van der Waals surface area (Å²) in [6, 6.07) is 2.75. The molecule has 2 aromatic rings. The van der Waals surface area contributed by atoms with E-state index in [0.29, 0.717) is 11.5 Å². The first kappa shape index (κ1) is 29.2. The quantitative estimate of drug-likeness (QED) is 0.273. The van der Waals surface area contributed by atoms with Gasteiger partial charge in [-0.3, -0.25) is 4.79 Å². The molecule has 0 unspecified atom stereocenters. The highest BCUT2D eigenvalue weighted by molar-refractivity contribution is 8.14. The number of nitrogens with zero attached hydrogens (tertiary/aromatic N) is 3. The van der Waals surface area contributed by atoms with E-state index in [-0.39, 0.29) is 38.0 Å². The molecule has 1 fully saturated rings. The molecule has 0 aliphatic carbocycles. The van der Waals surface area contributed by atoms with Gasteiger partial charge in [-0.2, -0.15) is 9.46 Å². The standard InChI is InChI=1S/C25H32ClN3O6S2/c1-6-12-25(2,3)36-24(32)35-22-18(15-27-29(22)4)21(30)16-10-11-17(23(31)34-5)20(19(16)26)28-37(33)13-8-7-9-14-37/h10-11,15H,6-9,12-14H2,1-5H3. The molecule has 0 radical (unpaired) electrons. The maximum atomic E-state index is 13.6. The van der Waals surface area contributed by atoms with Crippen LogP contribution in [-0.2, 0) is 21.5 Å².